The van der Waals surface area contributed by atoms with Crippen LogP contribution in [0.25, 0.3) is 50.4 Å². The van der Waals surface area contributed by atoms with Crippen LogP contribution >= 0.6 is 0 Å². The third-order valence-electron chi connectivity index (χ3n) is 8.50. The van der Waals surface area contributed by atoms with Gasteiger partial charge in [-0.2, -0.15) is 0 Å². The normalized spacial score (nSPS) is 12.6. The van der Waals surface area contributed by atoms with Crippen LogP contribution in [0.5, 0.6) is 0 Å². The summed E-state index contributed by atoms with van der Waals surface area (Å²) in [5.74, 6) is -0.589. The first-order chi connectivity index (χ1) is 21.1. The van der Waals surface area contributed by atoms with E-state index >= 15 is 0 Å². The molecule has 0 radical (unpaired) electrons. The van der Waals surface area contributed by atoms with Crippen LogP contribution < -0.4 is 9.97 Å². The zero-order valence-corrected chi connectivity index (χ0v) is 27.7. The predicted octanol–water partition coefficient (Wildman–Crippen LogP) is 6.94. The van der Waals surface area contributed by atoms with E-state index in [4.69, 9.17) is 29.4 Å². The zero-order chi connectivity index (χ0) is 31.7. The van der Waals surface area contributed by atoms with E-state index in [0.717, 1.165) is 78.2 Å². The summed E-state index contributed by atoms with van der Waals surface area (Å²) in [5, 5.41) is 0. The molecule has 0 aliphatic carbocycles. The van der Waals surface area contributed by atoms with Gasteiger partial charge in [-0.3, -0.25) is 9.59 Å². The molecule has 3 aromatic heterocycles. The molecule has 0 atom stereocenters. The number of hydrogen-bond donors (Lipinski definition) is 0. The number of nitrogens with zero attached hydrogens (tertiary/aromatic N) is 4. The maximum atomic E-state index is 12.1. The second kappa shape index (κ2) is 13.7. The molecule has 45 heavy (non-hydrogen) atoms. The number of allylic oxidation sites excluding steroid dienone is 5. The molecular formula is C36H36MnN4O4+. The summed E-state index contributed by atoms with van der Waals surface area (Å²) in [6.45, 7) is 16.2. The summed E-state index contributed by atoms with van der Waals surface area (Å²) in [6.07, 6.45) is 4.96. The molecule has 8 bridgehead atoms. The SMILES string of the molecule is C=CC1=C(C)c2cc3[n-]c(cc4nc(cc5[n-]c(cc1n2)c(C)c5CCC(=O)OC)C(CCC(=O)OC)=C4C)c(C)c3C=C.[Mn+3]. The third kappa shape index (κ3) is 6.37. The van der Waals surface area contributed by atoms with Gasteiger partial charge in [0.15, 0.2) is 0 Å². The largest absolute Gasteiger partial charge is 3.00 e. The summed E-state index contributed by atoms with van der Waals surface area (Å²) in [5.41, 5.74) is 13.6. The summed E-state index contributed by atoms with van der Waals surface area (Å²) in [4.78, 5) is 44.3. The van der Waals surface area contributed by atoms with E-state index < -0.39 is 0 Å². The Morgan fingerprint density at radius 2 is 1.24 bits per heavy atom. The molecule has 8 nitrogen and oxygen atoms in total. The van der Waals surface area contributed by atoms with Crippen LogP contribution in [0.2, 0.25) is 0 Å². The van der Waals surface area contributed by atoms with Crippen molar-refractivity contribution < 1.29 is 36.1 Å². The molecule has 3 aromatic rings. The van der Waals surface area contributed by atoms with Crippen LogP contribution in [0.15, 0.2) is 43.5 Å². The van der Waals surface area contributed by atoms with Crippen molar-refractivity contribution in [3.63, 3.8) is 0 Å². The first-order valence-electron chi connectivity index (χ1n) is 14.5. The molecule has 230 valence electrons. The molecule has 0 amide bonds. The van der Waals surface area contributed by atoms with Gasteiger partial charge in [0.25, 0.3) is 0 Å². The van der Waals surface area contributed by atoms with Gasteiger partial charge in [-0.1, -0.05) is 66.3 Å². The third-order valence-corrected chi connectivity index (χ3v) is 8.50. The number of hydrogen-bond acceptors (Lipinski definition) is 6. The molecule has 0 spiro atoms. The fraction of sp³-hybridized carbons (Fsp3) is 0.278. The van der Waals surface area contributed by atoms with Crippen LogP contribution in [0.4, 0.5) is 0 Å². The molecule has 0 saturated heterocycles. The standard InChI is InChI=1S/C36H36N4O4.Mn/c1-9-23-19(3)27-15-28-21(5)25(11-13-35(41)43-7)33(39-28)18-34-26(12-14-36(42)44-8)22(6)30(40-34)17-32-24(10-2)20(4)29(38-32)16-31(23)37-27;/h9-10,15-18H,1-2,11-14H2,3-8H3;/q-2;+3. The Morgan fingerprint density at radius 1 is 0.711 bits per heavy atom. The molecule has 9 heteroatoms. The molecule has 5 heterocycles. The molecule has 2 aliphatic rings. The Bertz CT molecular complexity index is 1960. The number of rotatable bonds is 8. The van der Waals surface area contributed by atoms with Gasteiger partial charge in [-0.15, -0.1) is 22.1 Å². The number of fused-ring (bicyclic) bond motifs is 8. The van der Waals surface area contributed by atoms with Gasteiger partial charge in [0.1, 0.15) is 0 Å². The van der Waals surface area contributed by atoms with E-state index in [9.17, 15) is 9.59 Å². The van der Waals surface area contributed by atoms with Gasteiger partial charge < -0.3 is 19.4 Å². The number of ether oxygens (including phenoxy) is 2. The fourth-order valence-electron chi connectivity index (χ4n) is 5.81. The molecule has 0 saturated carbocycles. The van der Waals surface area contributed by atoms with Crippen molar-refractivity contribution in [1.82, 2.24) is 19.9 Å². The quantitative estimate of drug-likeness (QED) is 0.192. The molecule has 0 unspecified atom stereocenters. The topological polar surface area (TPSA) is 107 Å². The van der Waals surface area contributed by atoms with Crippen molar-refractivity contribution in [2.45, 2.75) is 53.4 Å². The second-order valence-corrected chi connectivity index (χ2v) is 11.0. The van der Waals surface area contributed by atoms with Crippen LogP contribution in [0, 0.1) is 13.8 Å². The van der Waals surface area contributed by atoms with E-state index in [1.807, 2.05) is 64.1 Å². The molecule has 0 fully saturated rings. The molecule has 0 aromatic carbocycles. The first kappa shape index (κ1) is 33.4. The Kier molecular flexibility index (Phi) is 10.2. The Hall–Kier alpha value is -4.46. The maximum absolute atomic E-state index is 12.1. The van der Waals surface area contributed by atoms with Gasteiger partial charge in [0, 0.05) is 18.4 Å². The number of carbonyl (C=O) groups excluding carboxylic acids is 2. The van der Waals surface area contributed by atoms with Gasteiger partial charge in [0.2, 0.25) is 0 Å². The summed E-state index contributed by atoms with van der Waals surface area (Å²) >= 11 is 0. The van der Waals surface area contributed by atoms with Crippen molar-refractivity contribution in [3.05, 3.63) is 88.5 Å². The minimum atomic E-state index is -0.295. The van der Waals surface area contributed by atoms with E-state index in [1.165, 1.54) is 14.2 Å². The summed E-state index contributed by atoms with van der Waals surface area (Å²) < 4.78 is 9.86. The minimum Gasteiger partial charge on any atom is -0.657 e. The molecule has 2 aliphatic heterocycles. The van der Waals surface area contributed by atoms with Gasteiger partial charge in [0.05, 0.1) is 37.0 Å². The van der Waals surface area contributed by atoms with Crippen LogP contribution in [0.3, 0.4) is 0 Å². The number of aromatic nitrogens is 4. The predicted molar refractivity (Wildman–Crippen MR) is 175 cm³/mol. The smallest absolute Gasteiger partial charge is 0.657 e. The summed E-state index contributed by atoms with van der Waals surface area (Å²) in [7, 11) is 2.78. The van der Waals surface area contributed by atoms with Crippen LogP contribution in [-0.2, 0) is 42.6 Å². The molecule has 0 N–H and O–H groups in total. The van der Waals surface area contributed by atoms with Crippen molar-refractivity contribution in [3.8, 4) is 0 Å². The van der Waals surface area contributed by atoms with E-state index in [-0.39, 0.29) is 41.8 Å². The first-order valence-corrected chi connectivity index (χ1v) is 14.5. The number of carbonyl (C=O) groups is 2. The number of aryl methyl sites for hydroxylation is 3. The number of methoxy groups -OCH3 is 2. The molecule has 5 rings (SSSR count). The zero-order valence-electron chi connectivity index (χ0n) is 26.5. The minimum absolute atomic E-state index is 0. The van der Waals surface area contributed by atoms with Gasteiger partial charge in [-0.25, -0.2) is 9.97 Å². The van der Waals surface area contributed by atoms with E-state index in [1.54, 1.807) is 0 Å². The molecular weight excluding hydrogens is 607 g/mol. The monoisotopic (exact) mass is 643 g/mol. The maximum Gasteiger partial charge on any atom is 3.00 e. The summed E-state index contributed by atoms with van der Waals surface area (Å²) in [6, 6.07) is 7.87. The van der Waals surface area contributed by atoms with Crippen LogP contribution in [-0.4, -0.2) is 36.1 Å². The van der Waals surface area contributed by atoms with Crippen molar-refractivity contribution in [2.24, 2.45) is 0 Å². The van der Waals surface area contributed by atoms with Crippen molar-refractivity contribution in [1.29, 1.82) is 0 Å². The Labute approximate surface area is 273 Å². The number of esters is 2. The second-order valence-electron chi connectivity index (χ2n) is 11.0. The van der Waals surface area contributed by atoms with Crippen LogP contribution in [0.1, 0.15) is 78.1 Å². The Balaban J connectivity index is 0.00000461. The average Bonchev–Trinajstić information content (AvgIpc) is 3.67. The van der Waals surface area contributed by atoms with E-state index in [0.29, 0.717) is 24.1 Å². The average molecular weight is 644 g/mol. The van der Waals surface area contributed by atoms with Crippen molar-refractivity contribution >= 4 is 62.4 Å². The van der Waals surface area contributed by atoms with Gasteiger partial charge >= 0.3 is 29.0 Å². The van der Waals surface area contributed by atoms with Crippen molar-refractivity contribution in [2.75, 3.05) is 14.2 Å². The Morgan fingerprint density at radius 3 is 1.89 bits per heavy atom. The van der Waals surface area contributed by atoms with Gasteiger partial charge in [-0.05, 0) is 62.8 Å². The van der Waals surface area contributed by atoms with E-state index in [2.05, 4.69) is 13.2 Å². The fourth-order valence-corrected chi connectivity index (χ4v) is 5.81.